The minimum absolute atomic E-state index is 0.815. The number of hydrogen-bond donors (Lipinski definition) is 1. The van der Waals surface area contributed by atoms with Gasteiger partial charge in [0.1, 0.15) is 0 Å². The summed E-state index contributed by atoms with van der Waals surface area (Å²) in [6, 6.07) is 19.3. The van der Waals surface area contributed by atoms with E-state index >= 15 is 0 Å². The molecule has 126 valence electrons. The Morgan fingerprint density at radius 3 is 2.60 bits per heavy atom. The topological polar surface area (TPSA) is 29.9 Å². The predicted octanol–water partition coefficient (Wildman–Crippen LogP) is 4.99. The Labute approximate surface area is 152 Å². The van der Waals surface area contributed by atoms with Gasteiger partial charge in [0, 0.05) is 25.0 Å². The lowest BCUT2D eigenvalue weighted by Gasteiger charge is -2.08. The number of benzene rings is 2. The average molecular weight is 347 g/mol. The molecule has 0 unspecified atom stereocenters. The first kappa shape index (κ1) is 16.1. The van der Waals surface area contributed by atoms with Crippen molar-refractivity contribution in [3.63, 3.8) is 0 Å². The SMILES string of the molecule is Cc1ccc(CNCc2cccn2-c2nc3ccc(C)cc3s2)cc1. The van der Waals surface area contributed by atoms with Crippen LogP contribution in [0.25, 0.3) is 15.3 Å². The zero-order valence-corrected chi connectivity index (χ0v) is 15.3. The molecule has 0 atom stereocenters. The van der Waals surface area contributed by atoms with Crippen LogP contribution in [0.15, 0.2) is 60.8 Å². The molecule has 1 N–H and O–H groups in total. The molecule has 0 fully saturated rings. The van der Waals surface area contributed by atoms with Gasteiger partial charge in [-0.3, -0.25) is 4.57 Å². The summed E-state index contributed by atoms with van der Waals surface area (Å²) < 4.78 is 3.42. The van der Waals surface area contributed by atoms with E-state index in [0.29, 0.717) is 0 Å². The van der Waals surface area contributed by atoms with Crippen LogP contribution in [0, 0.1) is 13.8 Å². The van der Waals surface area contributed by atoms with Crippen molar-refractivity contribution in [2.45, 2.75) is 26.9 Å². The van der Waals surface area contributed by atoms with Crippen molar-refractivity contribution in [3.8, 4) is 5.13 Å². The van der Waals surface area contributed by atoms with Gasteiger partial charge >= 0.3 is 0 Å². The first-order valence-corrected chi connectivity index (χ1v) is 9.31. The molecular formula is C21H21N3S. The second kappa shape index (κ2) is 6.82. The average Bonchev–Trinajstić information content (AvgIpc) is 3.22. The third kappa shape index (κ3) is 3.50. The summed E-state index contributed by atoms with van der Waals surface area (Å²) in [4.78, 5) is 4.79. The molecule has 0 saturated heterocycles. The van der Waals surface area contributed by atoms with Gasteiger partial charge in [0.25, 0.3) is 0 Å². The third-order valence-electron chi connectivity index (χ3n) is 4.33. The molecule has 0 aliphatic heterocycles. The largest absolute Gasteiger partial charge is 0.307 e. The van der Waals surface area contributed by atoms with Gasteiger partial charge in [0.15, 0.2) is 5.13 Å². The summed E-state index contributed by atoms with van der Waals surface area (Å²) in [5, 5.41) is 4.56. The molecule has 0 amide bonds. The summed E-state index contributed by atoms with van der Waals surface area (Å²) in [5.74, 6) is 0. The zero-order chi connectivity index (χ0) is 17.2. The van der Waals surface area contributed by atoms with E-state index in [1.165, 1.54) is 27.1 Å². The summed E-state index contributed by atoms with van der Waals surface area (Å²) in [6.45, 7) is 5.92. The minimum Gasteiger partial charge on any atom is -0.307 e. The zero-order valence-electron chi connectivity index (χ0n) is 14.5. The Morgan fingerprint density at radius 1 is 0.960 bits per heavy atom. The van der Waals surface area contributed by atoms with Crippen LogP contribution in [0.4, 0.5) is 0 Å². The molecule has 0 radical (unpaired) electrons. The fourth-order valence-corrected chi connectivity index (χ4v) is 3.99. The highest BCUT2D eigenvalue weighted by atomic mass is 32.1. The van der Waals surface area contributed by atoms with Gasteiger partial charge in [-0.05, 0) is 49.2 Å². The molecule has 3 nitrogen and oxygen atoms in total. The highest BCUT2D eigenvalue weighted by molar-refractivity contribution is 7.20. The molecular weight excluding hydrogens is 326 g/mol. The molecule has 0 bridgehead atoms. The lowest BCUT2D eigenvalue weighted by molar-refractivity contribution is 0.669. The van der Waals surface area contributed by atoms with Gasteiger partial charge in [-0.2, -0.15) is 0 Å². The smallest absolute Gasteiger partial charge is 0.194 e. The van der Waals surface area contributed by atoms with E-state index in [1.54, 1.807) is 11.3 Å². The maximum Gasteiger partial charge on any atom is 0.194 e. The fourth-order valence-electron chi connectivity index (χ4n) is 2.91. The predicted molar refractivity (Wildman–Crippen MR) is 105 cm³/mol. The molecule has 4 heteroatoms. The van der Waals surface area contributed by atoms with Crippen molar-refractivity contribution in [1.82, 2.24) is 14.9 Å². The van der Waals surface area contributed by atoms with E-state index in [-0.39, 0.29) is 0 Å². The van der Waals surface area contributed by atoms with E-state index in [4.69, 9.17) is 4.98 Å². The molecule has 2 heterocycles. The Hall–Kier alpha value is -2.43. The van der Waals surface area contributed by atoms with E-state index in [9.17, 15) is 0 Å². The number of nitrogens with zero attached hydrogens (tertiary/aromatic N) is 2. The first-order valence-electron chi connectivity index (χ1n) is 8.49. The number of aryl methyl sites for hydroxylation is 2. The molecule has 0 aliphatic rings. The minimum atomic E-state index is 0.815. The highest BCUT2D eigenvalue weighted by Crippen LogP contribution is 2.26. The summed E-state index contributed by atoms with van der Waals surface area (Å²) >= 11 is 1.74. The summed E-state index contributed by atoms with van der Waals surface area (Å²) in [7, 11) is 0. The van der Waals surface area contributed by atoms with Gasteiger partial charge in [-0.1, -0.05) is 47.2 Å². The number of rotatable bonds is 5. The van der Waals surface area contributed by atoms with Crippen LogP contribution in [-0.2, 0) is 13.1 Å². The van der Waals surface area contributed by atoms with E-state index in [0.717, 1.165) is 23.7 Å². The van der Waals surface area contributed by atoms with E-state index in [2.05, 4.69) is 84.5 Å². The van der Waals surface area contributed by atoms with Crippen LogP contribution in [0.5, 0.6) is 0 Å². The molecule has 0 aliphatic carbocycles. The van der Waals surface area contributed by atoms with Crippen molar-refractivity contribution in [2.24, 2.45) is 0 Å². The second-order valence-electron chi connectivity index (χ2n) is 6.43. The highest BCUT2D eigenvalue weighted by Gasteiger charge is 2.09. The first-order chi connectivity index (χ1) is 12.2. The van der Waals surface area contributed by atoms with Crippen LogP contribution < -0.4 is 5.32 Å². The Morgan fingerprint density at radius 2 is 1.76 bits per heavy atom. The van der Waals surface area contributed by atoms with Crippen molar-refractivity contribution >= 4 is 21.6 Å². The van der Waals surface area contributed by atoms with Crippen LogP contribution >= 0.6 is 11.3 Å². The maximum atomic E-state index is 4.79. The third-order valence-corrected chi connectivity index (χ3v) is 5.35. The van der Waals surface area contributed by atoms with E-state index in [1.807, 2.05) is 0 Å². The second-order valence-corrected chi connectivity index (χ2v) is 7.44. The number of thiazole rings is 1. The van der Waals surface area contributed by atoms with Crippen LogP contribution in [0.3, 0.4) is 0 Å². The summed E-state index contributed by atoms with van der Waals surface area (Å²) in [5.41, 5.74) is 6.17. The number of fused-ring (bicyclic) bond motifs is 1. The van der Waals surface area contributed by atoms with Crippen molar-refractivity contribution < 1.29 is 0 Å². The quantitative estimate of drug-likeness (QED) is 0.551. The van der Waals surface area contributed by atoms with Crippen LogP contribution in [-0.4, -0.2) is 9.55 Å². The molecule has 2 aromatic heterocycles. The molecule has 4 rings (SSSR count). The van der Waals surface area contributed by atoms with Crippen molar-refractivity contribution in [2.75, 3.05) is 0 Å². The Balaban J connectivity index is 1.50. The standard InChI is InChI=1S/C21H21N3S/c1-15-5-8-17(9-6-15)13-22-14-18-4-3-11-24(18)21-23-19-10-7-16(2)12-20(19)25-21/h3-12,22H,13-14H2,1-2H3. The summed E-state index contributed by atoms with van der Waals surface area (Å²) in [6.07, 6.45) is 2.09. The number of nitrogens with one attached hydrogen (secondary N) is 1. The molecule has 25 heavy (non-hydrogen) atoms. The van der Waals surface area contributed by atoms with Gasteiger partial charge in [0.2, 0.25) is 0 Å². The fraction of sp³-hybridized carbons (Fsp3) is 0.190. The Kier molecular flexibility index (Phi) is 4.38. The number of hydrogen-bond acceptors (Lipinski definition) is 3. The van der Waals surface area contributed by atoms with Crippen molar-refractivity contribution in [1.29, 1.82) is 0 Å². The van der Waals surface area contributed by atoms with Crippen LogP contribution in [0.2, 0.25) is 0 Å². The van der Waals surface area contributed by atoms with Gasteiger partial charge < -0.3 is 5.32 Å². The molecule has 0 spiro atoms. The molecule has 4 aromatic rings. The Bertz CT molecular complexity index is 996. The lowest BCUT2D eigenvalue weighted by Crippen LogP contribution is -2.15. The lowest BCUT2D eigenvalue weighted by atomic mass is 10.1. The molecule has 2 aromatic carbocycles. The van der Waals surface area contributed by atoms with Crippen LogP contribution in [0.1, 0.15) is 22.4 Å². The van der Waals surface area contributed by atoms with Gasteiger partial charge in [-0.25, -0.2) is 4.98 Å². The normalized spacial score (nSPS) is 11.3. The van der Waals surface area contributed by atoms with Crippen molar-refractivity contribution in [3.05, 3.63) is 83.2 Å². The molecule has 0 saturated carbocycles. The van der Waals surface area contributed by atoms with Gasteiger partial charge in [0.05, 0.1) is 10.2 Å². The van der Waals surface area contributed by atoms with E-state index < -0.39 is 0 Å². The maximum absolute atomic E-state index is 4.79. The monoisotopic (exact) mass is 347 g/mol. The number of aromatic nitrogens is 2. The van der Waals surface area contributed by atoms with Gasteiger partial charge in [-0.15, -0.1) is 0 Å².